The number of fused-ring (bicyclic) bond motifs is 1. The summed E-state index contributed by atoms with van der Waals surface area (Å²) >= 11 is 0. The van der Waals surface area contributed by atoms with Gasteiger partial charge in [-0.05, 0) is 55.8 Å². The average Bonchev–Trinajstić information content (AvgIpc) is 3.62. The second-order valence-electron chi connectivity index (χ2n) is 11.8. The number of aromatic nitrogens is 7. The van der Waals surface area contributed by atoms with Gasteiger partial charge in [0, 0.05) is 13.1 Å². The summed E-state index contributed by atoms with van der Waals surface area (Å²) in [6.45, 7) is 6.72. The number of aromatic amines is 1. The number of nitrogens with zero attached hydrogens (tertiary/aromatic N) is 7. The lowest BCUT2D eigenvalue weighted by Gasteiger charge is -2.32. The molecule has 46 heavy (non-hydrogen) atoms. The molecule has 16 heteroatoms. The fourth-order valence-electron chi connectivity index (χ4n) is 5.57. The van der Waals surface area contributed by atoms with Crippen LogP contribution in [0.15, 0.2) is 35.3 Å². The molecule has 0 saturated carbocycles. The number of H-pyrrole nitrogens is 1. The van der Waals surface area contributed by atoms with E-state index in [1.54, 1.807) is 10.8 Å². The van der Waals surface area contributed by atoms with Crippen molar-refractivity contribution in [1.29, 1.82) is 0 Å². The summed E-state index contributed by atoms with van der Waals surface area (Å²) in [5.74, 6) is 5.58. The van der Waals surface area contributed by atoms with Crippen molar-refractivity contribution in [2.24, 2.45) is 17.5 Å². The number of amides is 1. The van der Waals surface area contributed by atoms with Crippen LogP contribution in [0.4, 0.5) is 5.82 Å². The predicted molar refractivity (Wildman–Crippen MR) is 171 cm³/mol. The zero-order valence-electron chi connectivity index (χ0n) is 26.2. The highest BCUT2D eigenvalue weighted by atomic mass is 16.6. The second-order valence-corrected chi connectivity index (χ2v) is 11.8. The monoisotopic (exact) mass is 636 g/mol. The molecule has 5 rings (SSSR count). The highest BCUT2D eigenvalue weighted by Gasteiger charge is 2.21. The highest BCUT2D eigenvalue weighted by Crippen LogP contribution is 2.22. The van der Waals surface area contributed by atoms with Gasteiger partial charge in [-0.25, -0.2) is 10.7 Å². The fraction of sp³-hybridized carbons (Fsp3) is 0.533. The molecule has 3 aromatic heterocycles. The summed E-state index contributed by atoms with van der Waals surface area (Å²) in [4.78, 5) is 43.6. The number of ether oxygens (including phenoxy) is 1. The lowest BCUT2D eigenvalue weighted by molar-refractivity contribution is -0.122. The number of carbonyl (C=O) groups excluding carboxylic acids is 1. The lowest BCUT2D eigenvalue weighted by Crippen LogP contribution is -2.44. The number of benzene rings is 1. The number of nitrogen functional groups attached to an aromatic ring is 1. The number of hydrogen-bond donors (Lipinski definition) is 5. The molecule has 4 heterocycles. The number of hydrogen-bond acceptors (Lipinski definition) is 12. The van der Waals surface area contributed by atoms with Gasteiger partial charge in [-0.1, -0.05) is 42.8 Å². The number of likely N-dealkylation sites (tertiary alicyclic amines) is 1. The molecule has 248 valence electrons. The molecule has 0 unspecified atom stereocenters. The van der Waals surface area contributed by atoms with Crippen molar-refractivity contribution >= 4 is 22.9 Å². The fourth-order valence-corrected chi connectivity index (χ4v) is 5.57. The van der Waals surface area contributed by atoms with Gasteiger partial charge in [0.25, 0.3) is 0 Å². The smallest absolute Gasteiger partial charge is 0.328 e. The van der Waals surface area contributed by atoms with E-state index in [2.05, 4.69) is 59.4 Å². The minimum Gasteiger partial charge on any atom is -0.463 e. The topological polar surface area (TPSA) is 223 Å². The van der Waals surface area contributed by atoms with E-state index in [0.29, 0.717) is 42.5 Å². The molecule has 1 fully saturated rings. The predicted octanol–water partition coefficient (Wildman–Crippen LogP) is 0.657. The van der Waals surface area contributed by atoms with Crippen LogP contribution in [-0.4, -0.2) is 77.6 Å². The van der Waals surface area contributed by atoms with Crippen LogP contribution in [0.25, 0.3) is 11.2 Å². The quantitative estimate of drug-likeness (QED) is 0.0845. The van der Waals surface area contributed by atoms with Crippen molar-refractivity contribution < 1.29 is 14.4 Å². The lowest BCUT2D eigenvalue weighted by atomic mass is 9.93. The first kappa shape index (κ1) is 33.0. The van der Waals surface area contributed by atoms with Gasteiger partial charge in [0.15, 0.2) is 11.5 Å². The van der Waals surface area contributed by atoms with E-state index >= 15 is 0 Å². The maximum Gasteiger partial charge on any atom is 0.328 e. The molecule has 8 N–H and O–H groups in total. The number of anilines is 1. The zero-order chi connectivity index (χ0) is 32.5. The highest BCUT2D eigenvalue weighted by molar-refractivity contribution is 5.82. The Labute approximate surface area is 266 Å². The van der Waals surface area contributed by atoms with Crippen LogP contribution in [0, 0.1) is 5.92 Å². The van der Waals surface area contributed by atoms with Gasteiger partial charge < -0.3 is 26.5 Å². The van der Waals surface area contributed by atoms with Gasteiger partial charge in [0.2, 0.25) is 5.91 Å². The first-order chi connectivity index (χ1) is 22.3. The Bertz CT molecular complexity index is 1630. The molecule has 1 aliphatic rings. The van der Waals surface area contributed by atoms with E-state index in [9.17, 15) is 9.59 Å². The minimum absolute atomic E-state index is 0.145. The number of piperidine rings is 1. The third kappa shape index (κ3) is 8.66. The molecule has 1 atom stereocenters. The van der Waals surface area contributed by atoms with Crippen LogP contribution in [0.1, 0.15) is 55.8 Å². The molecule has 0 aliphatic carbocycles. The van der Waals surface area contributed by atoms with E-state index in [-0.39, 0.29) is 36.6 Å². The summed E-state index contributed by atoms with van der Waals surface area (Å²) in [5, 5.41) is 10.8. The van der Waals surface area contributed by atoms with Crippen LogP contribution in [-0.2, 0) is 35.9 Å². The molecule has 0 radical (unpaired) electrons. The van der Waals surface area contributed by atoms with Crippen LogP contribution in [0.5, 0.6) is 6.01 Å². The standard InChI is InChI=1S/C30H44N12O4/c1-2-3-14-45-29-36-26(32)25-27(37-29)42(30(44)35-25)16-22-6-4-21(5-7-22)15-40-12-9-20(10-13-40)8-11-34-28(43)24(31)18-41-17-23(19-46-33)38-39-41/h4-7,17,20,24H,2-3,8-16,18-19,31,33H2,1H3,(H,34,43)(H,35,44)(H2,32,36,37)/t24-/m0/s1. The van der Waals surface area contributed by atoms with Crippen molar-refractivity contribution in [3.8, 4) is 6.01 Å². The molecule has 0 bridgehead atoms. The Morgan fingerprint density at radius 2 is 1.89 bits per heavy atom. The maximum atomic E-state index is 12.7. The van der Waals surface area contributed by atoms with Crippen LogP contribution >= 0.6 is 0 Å². The van der Waals surface area contributed by atoms with Crippen molar-refractivity contribution in [2.45, 2.75) is 71.3 Å². The molecule has 1 aromatic carbocycles. The van der Waals surface area contributed by atoms with Crippen LogP contribution in [0.3, 0.4) is 0 Å². The summed E-state index contributed by atoms with van der Waals surface area (Å²) in [6.07, 6.45) is 6.58. The van der Waals surface area contributed by atoms with E-state index in [4.69, 9.17) is 22.1 Å². The Morgan fingerprint density at radius 3 is 2.61 bits per heavy atom. The van der Waals surface area contributed by atoms with Crippen molar-refractivity contribution in [2.75, 3.05) is 32.0 Å². The Balaban J connectivity index is 1.05. The van der Waals surface area contributed by atoms with E-state index in [1.165, 1.54) is 10.2 Å². The third-order valence-electron chi connectivity index (χ3n) is 8.23. The Morgan fingerprint density at radius 1 is 1.15 bits per heavy atom. The van der Waals surface area contributed by atoms with E-state index < -0.39 is 6.04 Å². The number of unbranched alkanes of at least 4 members (excludes halogenated alkanes) is 1. The normalized spacial score (nSPS) is 14.9. The van der Waals surface area contributed by atoms with Crippen LogP contribution < -0.4 is 33.1 Å². The van der Waals surface area contributed by atoms with Gasteiger partial charge in [-0.3, -0.25) is 23.8 Å². The van der Waals surface area contributed by atoms with Gasteiger partial charge in [0.1, 0.15) is 23.9 Å². The number of imidazole rings is 1. The van der Waals surface area contributed by atoms with E-state index in [1.807, 2.05) is 12.1 Å². The number of nitrogens with one attached hydrogen (secondary N) is 2. The number of carbonyl (C=O) groups is 1. The molecule has 1 amide bonds. The van der Waals surface area contributed by atoms with E-state index in [0.717, 1.165) is 57.3 Å². The second kappa shape index (κ2) is 15.8. The molecule has 4 aromatic rings. The summed E-state index contributed by atoms with van der Waals surface area (Å²) < 4.78 is 8.71. The van der Waals surface area contributed by atoms with Gasteiger partial charge in [-0.2, -0.15) is 9.97 Å². The molecule has 0 spiro atoms. The molecular weight excluding hydrogens is 592 g/mol. The molecule has 1 saturated heterocycles. The van der Waals surface area contributed by atoms with Crippen molar-refractivity contribution in [3.63, 3.8) is 0 Å². The largest absolute Gasteiger partial charge is 0.463 e. The molecule has 16 nitrogen and oxygen atoms in total. The van der Waals surface area contributed by atoms with Crippen molar-refractivity contribution in [3.05, 3.63) is 57.8 Å². The number of rotatable bonds is 16. The minimum atomic E-state index is -0.722. The number of nitrogens with two attached hydrogens (primary N) is 3. The summed E-state index contributed by atoms with van der Waals surface area (Å²) in [6, 6.07) is 7.75. The Hall–Kier alpha value is -4.38. The SMILES string of the molecule is CCCCOc1nc(N)c2[nH]c(=O)n(Cc3ccc(CN4CCC(CCNC(=O)[C@@H](N)Cn5cc(CON)nn5)CC4)cc3)c2n1. The summed E-state index contributed by atoms with van der Waals surface area (Å²) in [5.41, 5.74) is 15.4. The first-order valence-corrected chi connectivity index (χ1v) is 15.8. The average molecular weight is 637 g/mol. The van der Waals surface area contributed by atoms with Crippen LogP contribution in [0.2, 0.25) is 0 Å². The zero-order valence-corrected chi connectivity index (χ0v) is 26.2. The van der Waals surface area contributed by atoms with Gasteiger partial charge in [0.05, 0.1) is 25.9 Å². The molecular formula is C30H44N12O4. The summed E-state index contributed by atoms with van der Waals surface area (Å²) in [7, 11) is 0. The molecule has 1 aliphatic heterocycles. The van der Waals surface area contributed by atoms with Gasteiger partial charge in [-0.15, -0.1) is 5.10 Å². The Kier molecular flexibility index (Phi) is 11.3. The third-order valence-corrected chi connectivity index (χ3v) is 8.23. The maximum absolute atomic E-state index is 12.7. The first-order valence-electron chi connectivity index (χ1n) is 15.8. The van der Waals surface area contributed by atoms with Crippen molar-refractivity contribution in [1.82, 2.24) is 44.7 Å². The van der Waals surface area contributed by atoms with Gasteiger partial charge >= 0.3 is 11.7 Å².